The van der Waals surface area contributed by atoms with E-state index in [1.54, 1.807) is 29.8 Å². The lowest BCUT2D eigenvalue weighted by atomic mass is 10.2. The summed E-state index contributed by atoms with van der Waals surface area (Å²) in [7, 11) is 0. The zero-order valence-corrected chi connectivity index (χ0v) is 9.41. The summed E-state index contributed by atoms with van der Waals surface area (Å²) in [5.74, 6) is 4.48. The van der Waals surface area contributed by atoms with Crippen LogP contribution in [0.3, 0.4) is 0 Å². The topological polar surface area (TPSA) is 51.1 Å². The third kappa shape index (κ3) is 2.99. The molecule has 1 N–H and O–H groups in total. The van der Waals surface area contributed by atoms with Crippen molar-refractivity contribution in [3.05, 3.63) is 34.2 Å². The van der Waals surface area contributed by atoms with E-state index in [2.05, 4.69) is 17.2 Å². The number of hydrogen-bond donors (Lipinski definition) is 1. The molecule has 0 spiro atoms. The molecule has 0 bridgehead atoms. The molecule has 0 fully saturated rings. The van der Waals surface area contributed by atoms with E-state index in [0.29, 0.717) is 12.1 Å². The summed E-state index contributed by atoms with van der Waals surface area (Å²) in [6.07, 6.45) is 1.72. The van der Waals surface area contributed by atoms with Crippen LogP contribution in [0.25, 0.3) is 0 Å². The summed E-state index contributed by atoms with van der Waals surface area (Å²) in [6.45, 7) is 4.32. The standard InChI is InChI=1S/C12H14N2O2/c1-3-6-11(15)13-9-10-7-5-8-14(4-2)12(10)16/h5,7-8H,4,9H2,1-2H3,(H,13,15). The molecule has 0 aliphatic rings. The molecule has 1 amide bonds. The maximum absolute atomic E-state index is 11.7. The molecule has 0 aliphatic heterocycles. The highest BCUT2D eigenvalue weighted by Gasteiger charge is 2.02. The minimum absolute atomic E-state index is 0.0743. The van der Waals surface area contributed by atoms with Crippen molar-refractivity contribution >= 4 is 5.91 Å². The molecule has 0 saturated heterocycles. The van der Waals surface area contributed by atoms with Crippen molar-refractivity contribution in [2.24, 2.45) is 0 Å². The quantitative estimate of drug-likeness (QED) is 0.751. The number of nitrogens with zero attached hydrogens (tertiary/aromatic N) is 1. The number of aryl methyl sites for hydroxylation is 1. The molecule has 0 saturated carbocycles. The van der Waals surface area contributed by atoms with Gasteiger partial charge < -0.3 is 9.88 Å². The minimum atomic E-state index is -0.367. The van der Waals surface area contributed by atoms with E-state index < -0.39 is 0 Å². The Morgan fingerprint density at radius 1 is 1.56 bits per heavy atom. The van der Waals surface area contributed by atoms with Gasteiger partial charge in [0.2, 0.25) is 0 Å². The number of hydrogen-bond acceptors (Lipinski definition) is 2. The van der Waals surface area contributed by atoms with Crippen LogP contribution in [-0.4, -0.2) is 10.5 Å². The van der Waals surface area contributed by atoms with Crippen molar-refractivity contribution in [2.45, 2.75) is 26.9 Å². The maximum atomic E-state index is 11.7. The van der Waals surface area contributed by atoms with Crippen molar-refractivity contribution < 1.29 is 4.79 Å². The van der Waals surface area contributed by atoms with Crippen LogP contribution >= 0.6 is 0 Å². The Labute approximate surface area is 94.3 Å². The highest BCUT2D eigenvalue weighted by Crippen LogP contribution is 1.91. The Balaban J connectivity index is 2.77. The molecule has 1 aromatic heterocycles. The van der Waals surface area contributed by atoms with Crippen LogP contribution in [0.4, 0.5) is 0 Å². The Morgan fingerprint density at radius 3 is 2.94 bits per heavy atom. The molecule has 0 radical (unpaired) electrons. The predicted molar refractivity (Wildman–Crippen MR) is 61.7 cm³/mol. The SMILES string of the molecule is CC#CC(=O)NCc1cccn(CC)c1=O. The lowest BCUT2D eigenvalue weighted by Gasteiger charge is -2.05. The molecule has 1 aromatic rings. The summed E-state index contributed by atoms with van der Waals surface area (Å²) in [5, 5.41) is 2.57. The van der Waals surface area contributed by atoms with Crippen LogP contribution in [0.15, 0.2) is 23.1 Å². The number of carbonyl (C=O) groups is 1. The van der Waals surface area contributed by atoms with Gasteiger partial charge in [-0.1, -0.05) is 12.0 Å². The van der Waals surface area contributed by atoms with E-state index in [0.717, 1.165) is 0 Å². The van der Waals surface area contributed by atoms with Gasteiger partial charge in [-0.2, -0.15) is 0 Å². The molecule has 0 unspecified atom stereocenters. The van der Waals surface area contributed by atoms with E-state index in [4.69, 9.17) is 0 Å². The molecule has 4 nitrogen and oxygen atoms in total. The van der Waals surface area contributed by atoms with Crippen LogP contribution in [0, 0.1) is 11.8 Å². The van der Waals surface area contributed by atoms with Crippen molar-refractivity contribution in [2.75, 3.05) is 0 Å². The summed E-state index contributed by atoms with van der Waals surface area (Å²) < 4.78 is 1.59. The molecule has 0 atom stereocenters. The smallest absolute Gasteiger partial charge is 0.296 e. The lowest BCUT2D eigenvalue weighted by Crippen LogP contribution is -2.28. The monoisotopic (exact) mass is 218 g/mol. The van der Waals surface area contributed by atoms with Crippen LogP contribution in [0.2, 0.25) is 0 Å². The van der Waals surface area contributed by atoms with E-state index >= 15 is 0 Å². The summed E-state index contributed by atoms with van der Waals surface area (Å²) >= 11 is 0. The average molecular weight is 218 g/mol. The predicted octanol–water partition coefficient (Wildman–Crippen LogP) is 0.508. The zero-order valence-electron chi connectivity index (χ0n) is 9.41. The number of carbonyl (C=O) groups excluding carboxylic acids is 1. The lowest BCUT2D eigenvalue weighted by molar-refractivity contribution is -0.115. The van der Waals surface area contributed by atoms with Crippen LogP contribution in [-0.2, 0) is 17.9 Å². The Bertz CT molecular complexity index is 492. The van der Waals surface area contributed by atoms with Gasteiger partial charge in [0.15, 0.2) is 0 Å². The fraction of sp³-hybridized carbons (Fsp3) is 0.333. The van der Waals surface area contributed by atoms with E-state index in [9.17, 15) is 9.59 Å². The highest BCUT2D eigenvalue weighted by atomic mass is 16.1. The van der Waals surface area contributed by atoms with Crippen molar-refractivity contribution in [1.29, 1.82) is 0 Å². The van der Waals surface area contributed by atoms with Crippen molar-refractivity contribution in [3.63, 3.8) is 0 Å². The third-order valence-electron chi connectivity index (χ3n) is 2.12. The second kappa shape index (κ2) is 5.76. The first-order valence-electron chi connectivity index (χ1n) is 5.08. The zero-order chi connectivity index (χ0) is 12.0. The first-order chi connectivity index (χ1) is 7.69. The number of nitrogens with one attached hydrogen (secondary N) is 1. The van der Waals surface area contributed by atoms with E-state index in [1.165, 1.54) is 0 Å². The van der Waals surface area contributed by atoms with Gasteiger partial charge in [-0.05, 0) is 25.8 Å². The van der Waals surface area contributed by atoms with Gasteiger partial charge >= 0.3 is 0 Å². The number of amides is 1. The Kier molecular flexibility index (Phi) is 4.34. The molecular formula is C12H14N2O2. The first kappa shape index (κ1) is 12.1. The van der Waals surface area contributed by atoms with Crippen LogP contribution in [0.1, 0.15) is 19.4 Å². The minimum Gasteiger partial charge on any atom is -0.341 e. The van der Waals surface area contributed by atoms with Crippen molar-refractivity contribution in [1.82, 2.24) is 9.88 Å². The van der Waals surface area contributed by atoms with E-state index in [1.807, 2.05) is 6.92 Å². The van der Waals surface area contributed by atoms with Gasteiger partial charge in [-0.25, -0.2) is 0 Å². The molecular weight excluding hydrogens is 204 g/mol. The fourth-order valence-corrected chi connectivity index (χ4v) is 1.30. The summed E-state index contributed by atoms with van der Waals surface area (Å²) in [4.78, 5) is 22.8. The van der Waals surface area contributed by atoms with Gasteiger partial charge in [0.1, 0.15) is 0 Å². The Morgan fingerprint density at radius 2 is 2.31 bits per heavy atom. The number of aromatic nitrogens is 1. The largest absolute Gasteiger partial charge is 0.341 e. The fourth-order valence-electron chi connectivity index (χ4n) is 1.30. The Hall–Kier alpha value is -2.02. The molecule has 1 heterocycles. The van der Waals surface area contributed by atoms with Crippen LogP contribution in [0.5, 0.6) is 0 Å². The van der Waals surface area contributed by atoms with E-state index in [-0.39, 0.29) is 18.0 Å². The highest BCUT2D eigenvalue weighted by molar-refractivity contribution is 5.93. The average Bonchev–Trinajstić information content (AvgIpc) is 2.28. The number of pyridine rings is 1. The third-order valence-corrected chi connectivity index (χ3v) is 2.12. The molecule has 0 aromatic carbocycles. The van der Waals surface area contributed by atoms with Gasteiger partial charge in [0, 0.05) is 24.8 Å². The number of rotatable bonds is 3. The van der Waals surface area contributed by atoms with Gasteiger partial charge in [0.05, 0.1) is 0 Å². The summed E-state index contributed by atoms with van der Waals surface area (Å²) in [6, 6.07) is 3.49. The second-order valence-corrected chi connectivity index (χ2v) is 3.18. The molecule has 4 heteroatoms. The molecule has 16 heavy (non-hydrogen) atoms. The maximum Gasteiger partial charge on any atom is 0.296 e. The van der Waals surface area contributed by atoms with Gasteiger partial charge in [0.25, 0.3) is 11.5 Å². The summed E-state index contributed by atoms with van der Waals surface area (Å²) in [5.41, 5.74) is 0.491. The van der Waals surface area contributed by atoms with Gasteiger partial charge in [-0.3, -0.25) is 9.59 Å². The van der Waals surface area contributed by atoms with Crippen LogP contribution < -0.4 is 10.9 Å². The van der Waals surface area contributed by atoms with Crippen molar-refractivity contribution in [3.8, 4) is 11.8 Å². The normalized spacial score (nSPS) is 9.12. The molecule has 1 rings (SSSR count). The second-order valence-electron chi connectivity index (χ2n) is 3.18. The van der Waals surface area contributed by atoms with Gasteiger partial charge in [-0.15, -0.1) is 0 Å². The molecule has 84 valence electrons. The molecule has 0 aliphatic carbocycles. The first-order valence-corrected chi connectivity index (χ1v) is 5.08.